The standard InChI is InChI=1S/C17H26N2O4/c1-6-12(2)19(13(3)20)10-9-17(21)18-15-8-7-14(22-4)11-16(15)23-5/h7-8,11-12H,6,9-10H2,1-5H3,(H,18,21). The Balaban J connectivity index is 2.68. The summed E-state index contributed by atoms with van der Waals surface area (Å²) >= 11 is 0. The number of ether oxygens (including phenoxy) is 2. The van der Waals surface area contributed by atoms with Crippen LogP contribution in [0.2, 0.25) is 0 Å². The lowest BCUT2D eigenvalue weighted by Crippen LogP contribution is -2.38. The number of amides is 2. The van der Waals surface area contributed by atoms with Gasteiger partial charge in [0.1, 0.15) is 11.5 Å². The van der Waals surface area contributed by atoms with Crippen LogP contribution in [-0.4, -0.2) is 43.5 Å². The van der Waals surface area contributed by atoms with Crippen molar-refractivity contribution in [1.82, 2.24) is 4.90 Å². The summed E-state index contributed by atoms with van der Waals surface area (Å²) in [6, 6.07) is 5.30. The van der Waals surface area contributed by atoms with Crippen molar-refractivity contribution in [3.8, 4) is 11.5 Å². The average molecular weight is 322 g/mol. The Morgan fingerprint density at radius 3 is 2.48 bits per heavy atom. The minimum atomic E-state index is -0.164. The zero-order valence-electron chi connectivity index (χ0n) is 14.5. The topological polar surface area (TPSA) is 67.9 Å². The van der Waals surface area contributed by atoms with Crippen molar-refractivity contribution in [2.24, 2.45) is 0 Å². The summed E-state index contributed by atoms with van der Waals surface area (Å²) in [6.45, 7) is 5.92. The molecule has 1 rings (SSSR count). The van der Waals surface area contributed by atoms with Gasteiger partial charge in [-0.25, -0.2) is 0 Å². The van der Waals surface area contributed by atoms with E-state index in [4.69, 9.17) is 9.47 Å². The van der Waals surface area contributed by atoms with Gasteiger partial charge in [-0.15, -0.1) is 0 Å². The third kappa shape index (κ3) is 5.47. The van der Waals surface area contributed by atoms with Crippen molar-refractivity contribution in [3.05, 3.63) is 18.2 Å². The van der Waals surface area contributed by atoms with Gasteiger partial charge in [0, 0.05) is 32.0 Å². The summed E-state index contributed by atoms with van der Waals surface area (Å²) in [5.74, 6) is 1.000. The fourth-order valence-electron chi connectivity index (χ4n) is 2.25. The fourth-order valence-corrected chi connectivity index (χ4v) is 2.25. The van der Waals surface area contributed by atoms with Crippen LogP contribution < -0.4 is 14.8 Å². The first-order valence-electron chi connectivity index (χ1n) is 7.72. The van der Waals surface area contributed by atoms with Crippen LogP contribution in [0.5, 0.6) is 11.5 Å². The van der Waals surface area contributed by atoms with Crippen molar-refractivity contribution in [2.75, 3.05) is 26.1 Å². The second-order valence-electron chi connectivity index (χ2n) is 5.33. The van der Waals surface area contributed by atoms with E-state index in [0.717, 1.165) is 6.42 Å². The van der Waals surface area contributed by atoms with Crippen molar-refractivity contribution >= 4 is 17.5 Å². The van der Waals surface area contributed by atoms with E-state index in [-0.39, 0.29) is 24.3 Å². The Morgan fingerprint density at radius 1 is 1.26 bits per heavy atom. The molecule has 23 heavy (non-hydrogen) atoms. The van der Waals surface area contributed by atoms with Gasteiger partial charge in [-0.1, -0.05) is 6.92 Å². The molecular weight excluding hydrogens is 296 g/mol. The Kier molecular flexibility index (Phi) is 7.38. The minimum absolute atomic E-state index is 0.0193. The second-order valence-corrected chi connectivity index (χ2v) is 5.33. The van der Waals surface area contributed by atoms with Gasteiger partial charge in [-0.3, -0.25) is 9.59 Å². The highest BCUT2D eigenvalue weighted by Gasteiger charge is 2.17. The highest BCUT2D eigenvalue weighted by atomic mass is 16.5. The van der Waals surface area contributed by atoms with E-state index in [0.29, 0.717) is 23.7 Å². The monoisotopic (exact) mass is 322 g/mol. The van der Waals surface area contributed by atoms with E-state index < -0.39 is 0 Å². The number of benzene rings is 1. The molecule has 0 saturated carbocycles. The van der Waals surface area contributed by atoms with Crippen LogP contribution in [0.15, 0.2) is 18.2 Å². The van der Waals surface area contributed by atoms with E-state index in [9.17, 15) is 9.59 Å². The lowest BCUT2D eigenvalue weighted by atomic mass is 10.2. The summed E-state index contributed by atoms with van der Waals surface area (Å²) < 4.78 is 10.4. The SMILES string of the molecule is CCC(C)N(CCC(=O)Nc1ccc(OC)cc1OC)C(C)=O. The first-order chi connectivity index (χ1) is 10.9. The molecule has 0 aromatic heterocycles. The number of methoxy groups -OCH3 is 2. The maximum Gasteiger partial charge on any atom is 0.226 e. The van der Waals surface area contributed by atoms with Crippen LogP contribution in [0.1, 0.15) is 33.6 Å². The van der Waals surface area contributed by atoms with Gasteiger partial charge in [0.05, 0.1) is 19.9 Å². The average Bonchev–Trinajstić information content (AvgIpc) is 2.54. The molecule has 0 radical (unpaired) electrons. The lowest BCUT2D eigenvalue weighted by Gasteiger charge is -2.27. The van der Waals surface area contributed by atoms with E-state index in [1.807, 2.05) is 13.8 Å². The number of hydrogen-bond acceptors (Lipinski definition) is 4. The van der Waals surface area contributed by atoms with Gasteiger partial charge < -0.3 is 19.7 Å². The van der Waals surface area contributed by atoms with Crippen molar-refractivity contribution in [3.63, 3.8) is 0 Å². The maximum atomic E-state index is 12.1. The van der Waals surface area contributed by atoms with Crippen LogP contribution in [-0.2, 0) is 9.59 Å². The molecule has 1 aromatic rings. The Labute approximate surface area is 137 Å². The summed E-state index contributed by atoms with van der Waals surface area (Å²) in [6.07, 6.45) is 1.09. The summed E-state index contributed by atoms with van der Waals surface area (Å²) in [7, 11) is 3.10. The molecule has 0 aliphatic carbocycles. The molecule has 0 saturated heterocycles. The largest absolute Gasteiger partial charge is 0.497 e. The lowest BCUT2D eigenvalue weighted by molar-refractivity contribution is -0.131. The molecule has 6 heteroatoms. The van der Waals surface area contributed by atoms with Crippen molar-refractivity contribution in [2.45, 2.75) is 39.7 Å². The Hall–Kier alpha value is -2.24. The molecule has 2 amide bonds. The van der Waals surface area contributed by atoms with E-state index in [1.165, 1.54) is 14.0 Å². The first-order valence-corrected chi connectivity index (χ1v) is 7.72. The molecule has 0 spiro atoms. The molecule has 0 aliphatic rings. The molecule has 1 N–H and O–H groups in total. The van der Waals surface area contributed by atoms with Gasteiger partial charge >= 0.3 is 0 Å². The van der Waals surface area contributed by atoms with Gasteiger partial charge in [-0.05, 0) is 25.5 Å². The van der Waals surface area contributed by atoms with Gasteiger partial charge in [0.15, 0.2) is 0 Å². The number of carbonyl (C=O) groups excluding carboxylic acids is 2. The second kappa shape index (κ2) is 9.02. The van der Waals surface area contributed by atoms with Gasteiger partial charge in [0.25, 0.3) is 0 Å². The molecule has 0 fully saturated rings. The minimum Gasteiger partial charge on any atom is -0.497 e. The quantitative estimate of drug-likeness (QED) is 0.799. The van der Waals surface area contributed by atoms with E-state index in [2.05, 4.69) is 5.32 Å². The summed E-state index contributed by atoms with van der Waals surface area (Å²) in [5, 5.41) is 2.81. The van der Waals surface area contributed by atoms with Crippen LogP contribution >= 0.6 is 0 Å². The highest BCUT2D eigenvalue weighted by molar-refractivity contribution is 5.92. The zero-order chi connectivity index (χ0) is 17.4. The molecule has 1 atom stereocenters. The van der Waals surface area contributed by atoms with Crippen LogP contribution in [0.3, 0.4) is 0 Å². The third-order valence-electron chi connectivity index (χ3n) is 3.79. The number of hydrogen-bond donors (Lipinski definition) is 1. The third-order valence-corrected chi connectivity index (χ3v) is 3.79. The maximum absolute atomic E-state index is 12.1. The fraction of sp³-hybridized carbons (Fsp3) is 0.529. The molecule has 6 nitrogen and oxygen atoms in total. The highest BCUT2D eigenvalue weighted by Crippen LogP contribution is 2.29. The summed E-state index contributed by atoms with van der Waals surface area (Å²) in [5.41, 5.74) is 0.580. The van der Waals surface area contributed by atoms with Crippen LogP contribution in [0.25, 0.3) is 0 Å². The molecular formula is C17H26N2O4. The Bertz CT molecular complexity index is 545. The molecule has 0 aliphatic heterocycles. The normalized spacial score (nSPS) is 11.5. The number of carbonyl (C=O) groups is 2. The predicted octanol–water partition coefficient (Wildman–Crippen LogP) is 2.68. The molecule has 128 valence electrons. The Morgan fingerprint density at radius 2 is 1.96 bits per heavy atom. The first kappa shape index (κ1) is 18.8. The zero-order valence-corrected chi connectivity index (χ0v) is 14.5. The number of anilines is 1. The van der Waals surface area contributed by atoms with Gasteiger partial charge in [-0.2, -0.15) is 0 Å². The van der Waals surface area contributed by atoms with Crippen LogP contribution in [0.4, 0.5) is 5.69 Å². The van der Waals surface area contributed by atoms with E-state index in [1.54, 1.807) is 30.2 Å². The van der Waals surface area contributed by atoms with Crippen molar-refractivity contribution < 1.29 is 19.1 Å². The molecule has 0 bridgehead atoms. The smallest absolute Gasteiger partial charge is 0.226 e. The molecule has 1 unspecified atom stereocenters. The van der Waals surface area contributed by atoms with Crippen molar-refractivity contribution in [1.29, 1.82) is 0 Å². The molecule has 1 aromatic carbocycles. The number of nitrogens with one attached hydrogen (secondary N) is 1. The number of nitrogens with zero attached hydrogens (tertiary/aromatic N) is 1. The van der Waals surface area contributed by atoms with Crippen LogP contribution in [0, 0.1) is 0 Å². The molecule has 0 heterocycles. The number of rotatable bonds is 8. The summed E-state index contributed by atoms with van der Waals surface area (Å²) in [4.78, 5) is 25.5. The van der Waals surface area contributed by atoms with Gasteiger partial charge in [0.2, 0.25) is 11.8 Å². The van der Waals surface area contributed by atoms with E-state index >= 15 is 0 Å². The predicted molar refractivity (Wildman–Crippen MR) is 89.9 cm³/mol.